The topological polar surface area (TPSA) is 92.5 Å². The molecule has 0 bridgehead atoms. The second kappa shape index (κ2) is 7.61. The predicted octanol–water partition coefficient (Wildman–Crippen LogP) is 3.43. The van der Waals surface area contributed by atoms with E-state index in [2.05, 4.69) is 5.32 Å². The number of benzene rings is 1. The van der Waals surface area contributed by atoms with Gasteiger partial charge in [-0.2, -0.15) is 4.39 Å². The third-order valence-corrected chi connectivity index (χ3v) is 5.07. The van der Waals surface area contributed by atoms with Crippen LogP contribution < -0.4 is 5.32 Å². The van der Waals surface area contributed by atoms with Crippen molar-refractivity contribution in [3.63, 3.8) is 0 Å². The van der Waals surface area contributed by atoms with Crippen molar-refractivity contribution in [2.75, 3.05) is 11.9 Å². The number of nitrogens with one attached hydrogen (secondary N) is 1. The average Bonchev–Trinajstić information content (AvgIpc) is 3.17. The Bertz CT molecular complexity index is 841. The van der Waals surface area contributed by atoms with Gasteiger partial charge in [0.2, 0.25) is 11.7 Å². The molecule has 1 aliphatic heterocycles. The van der Waals surface area contributed by atoms with Crippen LogP contribution in [0.1, 0.15) is 28.9 Å². The quantitative estimate of drug-likeness (QED) is 0.653. The second-order valence-corrected chi connectivity index (χ2v) is 6.85. The molecule has 2 amide bonds. The molecule has 1 aromatic heterocycles. The molecule has 1 saturated heterocycles. The highest BCUT2D eigenvalue weighted by atomic mass is 32.1. The van der Waals surface area contributed by atoms with E-state index in [1.807, 2.05) is 0 Å². The van der Waals surface area contributed by atoms with Crippen molar-refractivity contribution in [1.82, 2.24) is 4.90 Å². The molecule has 9 heteroatoms. The lowest BCUT2D eigenvalue weighted by molar-refractivity contribution is -0.387. The van der Waals surface area contributed by atoms with Crippen molar-refractivity contribution >= 4 is 34.5 Å². The minimum absolute atomic E-state index is 0.122. The Kier molecular flexibility index (Phi) is 5.27. The summed E-state index contributed by atoms with van der Waals surface area (Å²) in [6.07, 6.45) is 2.12. The van der Waals surface area contributed by atoms with Gasteiger partial charge in [-0.15, -0.1) is 11.3 Å². The number of halogens is 1. The molecule has 26 heavy (non-hydrogen) atoms. The number of nitrogens with zero attached hydrogens (tertiary/aromatic N) is 2. The Morgan fingerprint density at radius 1 is 1.31 bits per heavy atom. The van der Waals surface area contributed by atoms with Crippen LogP contribution in [0.3, 0.4) is 0 Å². The number of nitro benzene ring substituents is 1. The summed E-state index contributed by atoms with van der Waals surface area (Å²) in [7, 11) is 0. The third kappa shape index (κ3) is 3.72. The number of piperidine rings is 1. The van der Waals surface area contributed by atoms with Crippen molar-refractivity contribution in [2.24, 2.45) is 0 Å². The normalized spacial score (nSPS) is 17.0. The van der Waals surface area contributed by atoms with E-state index in [0.29, 0.717) is 17.8 Å². The zero-order valence-electron chi connectivity index (χ0n) is 13.7. The van der Waals surface area contributed by atoms with Gasteiger partial charge in [-0.1, -0.05) is 6.07 Å². The SMILES string of the molecule is O=C(Nc1ccc(F)c([N+](=O)[O-])c1)C1CCCCN1C(=O)c1cccs1. The lowest BCUT2D eigenvalue weighted by atomic mass is 10.0. The molecule has 1 aromatic carbocycles. The molecule has 7 nitrogen and oxygen atoms in total. The van der Waals surface area contributed by atoms with E-state index < -0.39 is 28.4 Å². The van der Waals surface area contributed by atoms with Crippen LogP contribution in [-0.2, 0) is 4.79 Å². The van der Waals surface area contributed by atoms with E-state index in [1.54, 1.807) is 17.5 Å². The minimum Gasteiger partial charge on any atom is -0.326 e. The smallest absolute Gasteiger partial charge is 0.306 e. The van der Waals surface area contributed by atoms with Gasteiger partial charge in [0, 0.05) is 18.3 Å². The number of likely N-dealkylation sites (tertiary alicyclic amines) is 1. The summed E-state index contributed by atoms with van der Waals surface area (Å²) in [5.74, 6) is -1.61. The summed E-state index contributed by atoms with van der Waals surface area (Å²) in [6, 6.07) is 5.98. The van der Waals surface area contributed by atoms with Crippen LogP contribution in [0.2, 0.25) is 0 Å². The number of rotatable bonds is 4. The van der Waals surface area contributed by atoms with Gasteiger partial charge in [0.25, 0.3) is 5.91 Å². The highest BCUT2D eigenvalue weighted by molar-refractivity contribution is 7.12. The first kappa shape index (κ1) is 18.0. The fourth-order valence-electron chi connectivity index (χ4n) is 2.94. The van der Waals surface area contributed by atoms with Crippen LogP contribution in [0.5, 0.6) is 0 Å². The molecule has 1 fully saturated rings. The summed E-state index contributed by atoms with van der Waals surface area (Å²) in [5, 5.41) is 15.2. The maximum atomic E-state index is 13.4. The van der Waals surface area contributed by atoms with Crippen LogP contribution >= 0.6 is 11.3 Å². The van der Waals surface area contributed by atoms with Gasteiger partial charge >= 0.3 is 5.69 Å². The Morgan fingerprint density at radius 2 is 2.12 bits per heavy atom. The lowest BCUT2D eigenvalue weighted by Gasteiger charge is -2.34. The van der Waals surface area contributed by atoms with Crippen LogP contribution in [0.25, 0.3) is 0 Å². The van der Waals surface area contributed by atoms with E-state index in [-0.39, 0.29) is 11.6 Å². The number of nitro groups is 1. The molecular weight excluding hydrogens is 361 g/mol. The van der Waals surface area contributed by atoms with E-state index >= 15 is 0 Å². The summed E-state index contributed by atoms with van der Waals surface area (Å²) < 4.78 is 13.4. The molecule has 1 atom stereocenters. The van der Waals surface area contributed by atoms with Gasteiger partial charge in [0.15, 0.2) is 0 Å². The number of anilines is 1. The lowest BCUT2D eigenvalue weighted by Crippen LogP contribution is -2.49. The van der Waals surface area contributed by atoms with Gasteiger partial charge in [-0.05, 0) is 42.8 Å². The molecule has 0 radical (unpaired) electrons. The summed E-state index contributed by atoms with van der Waals surface area (Å²) >= 11 is 1.31. The molecule has 1 unspecified atom stereocenters. The summed E-state index contributed by atoms with van der Waals surface area (Å²) in [6.45, 7) is 0.471. The average molecular weight is 377 g/mol. The number of thiophene rings is 1. The highest BCUT2D eigenvalue weighted by Gasteiger charge is 2.33. The molecular formula is C17H16FN3O4S. The number of hydrogen-bond acceptors (Lipinski definition) is 5. The van der Waals surface area contributed by atoms with Crippen molar-refractivity contribution < 1.29 is 18.9 Å². The Labute approximate surface area is 152 Å². The first-order chi connectivity index (χ1) is 12.5. The van der Waals surface area contributed by atoms with Gasteiger partial charge in [0.05, 0.1) is 9.80 Å². The number of carbonyl (C=O) groups excluding carboxylic acids is 2. The van der Waals surface area contributed by atoms with Gasteiger partial charge in [-0.3, -0.25) is 19.7 Å². The minimum atomic E-state index is -0.972. The van der Waals surface area contributed by atoms with Crippen molar-refractivity contribution in [2.45, 2.75) is 25.3 Å². The fraction of sp³-hybridized carbons (Fsp3) is 0.294. The molecule has 136 valence electrons. The molecule has 0 saturated carbocycles. The maximum absolute atomic E-state index is 13.4. The van der Waals surface area contributed by atoms with Crippen molar-refractivity contribution in [1.29, 1.82) is 0 Å². The zero-order chi connectivity index (χ0) is 18.7. The van der Waals surface area contributed by atoms with E-state index in [9.17, 15) is 24.1 Å². The van der Waals surface area contributed by atoms with Gasteiger partial charge in [0.1, 0.15) is 6.04 Å². The number of hydrogen-bond donors (Lipinski definition) is 1. The van der Waals surface area contributed by atoms with Crippen LogP contribution in [0, 0.1) is 15.9 Å². The molecule has 2 heterocycles. The summed E-state index contributed by atoms with van der Waals surface area (Å²) in [5.41, 5.74) is -0.588. The first-order valence-electron chi connectivity index (χ1n) is 8.06. The highest BCUT2D eigenvalue weighted by Crippen LogP contribution is 2.25. The van der Waals surface area contributed by atoms with E-state index in [4.69, 9.17) is 0 Å². The molecule has 1 N–H and O–H groups in total. The first-order valence-corrected chi connectivity index (χ1v) is 8.94. The van der Waals surface area contributed by atoms with Crippen LogP contribution in [0.15, 0.2) is 35.7 Å². The molecule has 0 aliphatic carbocycles. The Hall–Kier alpha value is -2.81. The fourth-order valence-corrected chi connectivity index (χ4v) is 3.62. The predicted molar refractivity (Wildman–Crippen MR) is 94.7 cm³/mol. The van der Waals surface area contributed by atoms with Crippen molar-refractivity contribution in [3.05, 3.63) is 56.5 Å². The second-order valence-electron chi connectivity index (χ2n) is 5.90. The monoisotopic (exact) mass is 377 g/mol. The van der Waals surface area contributed by atoms with Gasteiger partial charge in [-0.25, -0.2) is 0 Å². The molecule has 1 aliphatic rings. The molecule has 0 spiro atoms. The van der Waals surface area contributed by atoms with E-state index in [0.717, 1.165) is 25.0 Å². The Balaban J connectivity index is 1.78. The van der Waals surface area contributed by atoms with Crippen LogP contribution in [-0.4, -0.2) is 34.2 Å². The molecule has 3 rings (SSSR count). The van der Waals surface area contributed by atoms with E-state index in [1.165, 1.54) is 22.3 Å². The standard InChI is InChI=1S/C17H16FN3O4S/c18-12-7-6-11(10-14(12)21(24)25)19-16(22)13-4-1-2-8-20(13)17(23)15-5-3-9-26-15/h3,5-7,9-10,13H,1-2,4,8H2,(H,19,22). The van der Waals surface area contributed by atoms with Crippen molar-refractivity contribution in [3.8, 4) is 0 Å². The maximum Gasteiger partial charge on any atom is 0.306 e. The number of carbonyl (C=O) groups is 2. The molecule has 2 aromatic rings. The number of amides is 2. The largest absolute Gasteiger partial charge is 0.326 e. The van der Waals surface area contributed by atoms with Gasteiger partial charge < -0.3 is 10.2 Å². The summed E-state index contributed by atoms with van der Waals surface area (Å²) in [4.78, 5) is 37.4. The zero-order valence-corrected chi connectivity index (χ0v) is 14.5. The Morgan fingerprint density at radius 3 is 2.81 bits per heavy atom. The third-order valence-electron chi connectivity index (χ3n) is 4.21. The van der Waals surface area contributed by atoms with Crippen LogP contribution in [0.4, 0.5) is 15.8 Å².